The number of aliphatic imine (C=N–C) groups is 1. The van der Waals surface area contributed by atoms with Gasteiger partial charge in [-0.25, -0.2) is 9.98 Å². The average molecular weight is 354 g/mol. The summed E-state index contributed by atoms with van der Waals surface area (Å²) in [5.41, 5.74) is 1.23. The largest absolute Gasteiger partial charge is 0.357 e. The highest BCUT2D eigenvalue weighted by molar-refractivity contribution is 5.81. The smallest absolute Gasteiger partial charge is 0.220 e. The van der Waals surface area contributed by atoms with Crippen molar-refractivity contribution in [3.05, 3.63) is 54.1 Å². The number of aromatic nitrogens is 2. The highest BCUT2D eigenvalue weighted by atomic mass is 16.1. The van der Waals surface area contributed by atoms with E-state index in [4.69, 9.17) is 0 Å². The van der Waals surface area contributed by atoms with Crippen molar-refractivity contribution in [3.63, 3.8) is 0 Å². The summed E-state index contributed by atoms with van der Waals surface area (Å²) in [5, 5.41) is 9.54. The maximum Gasteiger partial charge on any atom is 0.220 e. The van der Waals surface area contributed by atoms with Crippen LogP contribution in [0.25, 0.3) is 0 Å². The summed E-state index contributed by atoms with van der Waals surface area (Å²) in [5.74, 6) is 1.79. The molecular formula is C19H26N6O. The van der Waals surface area contributed by atoms with Gasteiger partial charge < -0.3 is 20.5 Å². The lowest BCUT2D eigenvalue weighted by Crippen LogP contribution is -2.51. The topological polar surface area (TPSA) is 83.3 Å². The van der Waals surface area contributed by atoms with Gasteiger partial charge in [0.05, 0.1) is 0 Å². The number of benzene rings is 1. The molecule has 1 unspecified atom stereocenters. The molecule has 1 aromatic heterocycles. The van der Waals surface area contributed by atoms with Crippen LogP contribution in [0.5, 0.6) is 0 Å². The molecule has 1 atom stereocenters. The lowest BCUT2D eigenvalue weighted by molar-refractivity contribution is -0.122. The molecule has 1 aromatic carbocycles. The molecule has 3 rings (SSSR count). The zero-order chi connectivity index (χ0) is 18.2. The lowest BCUT2D eigenvalue weighted by Gasteiger charge is -2.25. The molecule has 0 spiro atoms. The van der Waals surface area contributed by atoms with Crippen LogP contribution in [0.1, 0.15) is 31.2 Å². The summed E-state index contributed by atoms with van der Waals surface area (Å²) in [6, 6.07) is 10.5. The quantitative estimate of drug-likeness (QED) is 0.539. The van der Waals surface area contributed by atoms with Gasteiger partial charge in [-0.15, -0.1) is 0 Å². The van der Waals surface area contributed by atoms with Crippen LogP contribution in [0.3, 0.4) is 0 Å². The molecule has 3 N–H and O–H groups in total. The van der Waals surface area contributed by atoms with E-state index in [1.54, 1.807) is 0 Å². The summed E-state index contributed by atoms with van der Waals surface area (Å²) < 4.78 is 2.11. The normalized spacial score (nSPS) is 17.7. The highest BCUT2D eigenvalue weighted by Gasteiger charge is 2.18. The molecule has 2 aromatic rings. The number of nitrogens with one attached hydrogen (secondary N) is 3. The molecule has 1 fully saturated rings. The van der Waals surface area contributed by atoms with Crippen LogP contribution in [0, 0.1) is 0 Å². The number of guanidine groups is 1. The second kappa shape index (κ2) is 9.03. The first-order chi connectivity index (χ1) is 12.7. The van der Waals surface area contributed by atoms with E-state index in [0.29, 0.717) is 19.5 Å². The number of piperidine rings is 1. The first kappa shape index (κ1) is 18.0. The van der Waals surface area contributed by atoms with Crippen molar-refractivity contribution in [2.45, 2.75) is 38.9 Å². The fourth-order valence-corrected chi connectivity index (χ4v) is 2.93. The van der Waals surface area contributed by atoms with E-state index in [0.717, 1.165) is 31.3 Å². The molecular weight excluding hydrogens is 328 g/mol. The molecule has 0 radical (unpaired) electrons. The van der Waals surface area contributed by atoms with Gasteiger partial charge in [-0.05, 0) is 18.9 Å². The highest BCUT2D eigenvalue weighted by Crippen LogP contribution is 2.07. The van der Waals surface area contributed by atoms with Crippen molar-refractivity contribution in [1.82, 2.24) is 25.5 Å². The van der Waals surface area contributed by atoms with Crippen LogP contribution in [0.4, 0.5) is 0 Å². The standard InChI is InChI=1S/C19H26N6O/c1-2-20-19(24-16-8-9-18(26)22-12-16)23-13-17-21-10-11-25(17)14-15-6-4-3-5-7-15/h3-7,10-11,16H,2,8-9,12-14H2,1H3,(H,22,26)(H2,20,23,24). The SMILES string of the molecule is CCNC(=NCc1nccn1Cc1ccccc1)NC1CCC(=O)NC1. The van der Waals surface area contributed by atoms with Crippen LogP contribution < -0.4 is 16.0 Å². The molecule has 1 aliphatic heterocycles. The van der Waals surface area contributed by atoms with Crippen LogP contribution in [0.2, 0.25) is 0 Å². The first-order valence-electron chi connectivity index (χ1n) is 9.10. The average Bonchev–Trinajstić information content (AvgIpc) is 3.09. The molecule has 0 bridgehead atoms. The Morgan fingerprint density at radius 1 is 1.38 bits per heavy atom. The molecule has 7 heteroatoms. The first-order valence-corrected chi connectivity index (χ1v) is 9.10. The van der Waals surface area contributed by atoms with Gasteiger partial charge in [-0.3, -0.25) is 4.79 Å². The maximum absolute atomic E-state index is 11.3. The number of amides is 1. The van der Waals surface area contributed by atoms with E-state index in [-0.39, 0.29) is 11.9 Å². The number of rotatable bonds is 6. The number of hydrogen-bond acceptors (Lipinski definition) is 3. The summed E-state index contributed by atoms with van der Waals surface area (Å²) in [6.07, 6.45) is 5.16. The Balaban J connectivity index is 1.62. The minimum atomic E-state index is 0.118. The van der Waals surface area contributed by atoms with E-state index < -0.39 is 0 Å². The van der Waals surface area contributed by atoms with Crippen molar-refractivity contribution in [2.75, 3.05) is 13.1 Å². The monoisotopic (exact) mass is 354 g/mol. The Labute approximate surface area is 153 Å². The molecule has 1 amide bonds. The minimum absolute atomic E-state index is 0.118. The van der Waals surface area contributed by atoms with E-state index >= 15 is 0 Å². The Hall–Kier alpha value is -2.83. The third-order valence-electron chi connectivity index (χ3n) is 4.33. The number of nitrogens with zero attached hydrogens (tertiary/aromatic N) is 3. The zero-order valence-corrected chi connectivity index (χ0v) is 15.1. The van der Waals surface area contributed by atoms with Crippen molar-refractivity contribution in [3.8, 4) is 0 Å². The van der Waals surface area contributed by atoms with Gasteiger partial charge in [-0.2, -0.15) is 0 Å². The zero-order valence-electron chi connectivity index (χ0n) is 15.1. The molecule has 7 nitrogen and oxygen atoms in total. The second-order valence-corrected chi connectivity index (χ2v) is 6.34. The van der Waals surface area contributed by atoms with Gasteiger partial charge in [0.1, 0.15) is 12.4 Å². The minimum Gasteiger partial charge on any atom is -0.357 e. The molecule has 26 heavy (non-hydrogen) atoms. The van der Waals surface area contributed by atoms with Gasteiger partial charge in [0.15, 0.2) is 5.96 Å². The second-order valence-electron chi connectivity index (χ2n) is 6.34. The van der Waals surface area contributed by atoms with Crippen molar-refractivity contribution in [1.29, 1.82) is 0 Å². The molecule has 2 heterocycles. The molecule has 1 aliphatic rings. The van der Waals surface area contributed by atoms with Crippen molar-refractivity contribution >= 4 is 11.9 Å². The fourth-order valence-electron chi connectivity index (χ4n) is 2.93. The van der Waals surface area contributed by atoms with Gasteiger partial charge in [-0.1, -0.05) is 30.3 Å². The summed E-state index contributed by atoms with van der Waals surface area (Å²) >= 11 is 0. The third-order valence-corrected chi connectivity index (χ3v) is 4.33. The molecule has 0 saturated carbocycles. The molecule has 138 valence electrons. The van der Waals surface area contributed by atoms with E-state index in [2.05, 4.69) is 42.6 Å². The van der Waals surface area contributed by atoms with Crippen LogP contribution in [0.15, 0.2) is 47.7 Å². The Morgan fingerprint density at radius 3 is 2.96 bits per heavy atom. The van der Waals surface area contributed by atoms with Gasteiger partial charge in [0.2, 0.25) is 5.91 Å². The Kier molecular flexibility index (Phi) is 6.24. The summed E-state index contributed by atoms with van der Waals surface area (Å²) in [7, 11) is 0. The summed E-state index contributed by atoms with van der Waals surface area (Å²) in [4.78, 5) is 20.4. The number of carbonyl (C=O) groups is 1. The van der Waals surface area contributed by atoms with Crippen molar-refractivity contribution in [2.24, 2.45) is 4.99 Å². The number of carbonyl (C=O) groups excluding carboxylic acids is 1. The maximum atomic E-state index is 11.3. The third kappa shape index (κ3) is 5.08. The van der Waals surface area contributed by atoms with Gasteiger partial charge in [0.25, 0.3) is 0 Å². The number of hydrogen-bond donors (Lipinski definition) is 3. The van der Waals surface area contributed by atoms with E-state index in [1.165, 1.54) is 5.56 Å². The number of imidazole rings is 1. The predicted molar refractivity (Wildman–Crippen MR) is 102 cm³/mol. The summed E-state index contributed by atoms with van der Waals surface area (Å²) in [6.45, 7) is 4.73. The van der Waals surface area contributed by atoms with Crippen molar-refractivity contribution < 1.29 is 4.79 Å². The Bertz CT molecular complexity index is 729. The predicted octanol–water partition coefficient (Wildman–Crippen LogP) is 1.27. The van der Waals surface area contributed by atoms with Crippen LogP contribution in [-0.2, 0) is 17.9 Å². The molecule has 0 aliphatic carbocycles. The fraction of sp³-hybridized carbons (Fsp3) is 0.421. The van der Waals surface area contributed by atoms with Crippen LogP contribution in [-0.4, -0.2) is 40.5 Å². The molecule has 1 saturated heterocycles. The van der Waals surface area contributed by atoms with Gasteiger partial charge in [0, 0.05) is 44.5 Å². The van der Waals surface area contributed by atoms with E-state index in [1.807, 2.05) is 37.5 Å². The lowest BCUT2D eigenvalue weighted by atomic mass is 10.1. The van der Waals surface area contributed by atoms with Crippen LogP contribution >= 0.6 is 0 Å². The Morgan fingerprint density at radius 2 is 2.23 bits per heavy atom. The van der Waals surface area contributed by atoms with Gasteiger partial charge >= 0.3 is 0 Å². The van der Waals surface area contributed by atoms with E-state index in [9.17, 15) is 4.79 Å².